The van der Waals surface area contributed by atoms with Gasteiger partial charge in [-0.3, -0.25) is 0 Å². The summed E-state index contributed by atoms with van der Waals surface area (Å²) in [6, 6.07) is 51.1. The summed E-state index contributed by atoms with van der Waals surface area (Å²) < 4.78 is 6.21. The molecule has 1 N–H and O–H groups in total. The van der Waals surface area contributed by atoms with Crippen LogP contribution in [0.25, 0.3) is 33.0 Å². The smallest absolute Gasteiger partial charge is 0.331 e. The Bertz CT molecular complexity index is 1860. The van der Waals surface area contributed by atoms with Crippen molar-refractivity contribution in [1.82, 2.24) is 0 Å². The summed E-state index contributed by atoms with van der Waals surface area (Å²) in [4.78, 5) is 2.28. The summed E-state index contributed by atoms with van der Waals surface area (Å²) >= 11 is 0. The number of para-hydroxylation sites is 1. The van der Waals surface area contributed by atoms with Crippen molar-refractivity contribution < 1.29 is 9.76 Å². The maximum absolute atomic E-state index is 10.7. The fraction of sp³-hybridized carbons (Fsp3) is 0.150. The van der Waals surface area contributed by atoms with E-state index in [9.17, 15) is 5.11 Å². The second-order valence-electron chi connectivity index (χ2n) is 12.2. The molecule has 0 fully saturated rings. The van der Waals surface area contributed by atoms with Gasteiger partial charge in [0.05, 0.1) is 11.2 Å². The average molecular weight is 575 g/mol. The third-order valence-electron chi connectivity index (χ3n) is 8.56. The van der Waals surface area contributed by atoms with Crippen molar-refractivity contribution in [3.63, 3.8) is 0 Å². The SMILES string of the molecule is CC(C)(O)C(C)(C)O[B]c1ccc(N(c2ccccc2)c2ccc(-c3ccc4ccccc4c3)cc2)cc1-c1ccccc1. The molecule has 1 radical (unpaired) electrons. The van der Waals surface area contributed by atoms with Crippen LogP contribution in [0.5, 0.6) is 0 Å². The highest BCUT2D eigenvalue weighted by Crippen LogP contribution is 2.37. The van der Waals surface area contributed by atoms with Gasteiger partial charge < -0.3 is 14.7 Å². The van der Waals surface area contributed by atoms with Gasteiger partial charge in [-0.1, -0.05) is 103 Å². The molecule has 0 unspecified atom stereocenters. The zero-order valence-corrected chi connectivity index (χ0v) is 25.7. The average Bonchev–Trinajstić information content (AvgIpc) is 3.05. The van der Waals surface area contributed by atoms with Gasteiger partial charge in [0.25, 0.3) is 0 Å². The van der Waals surface area contributed by atoms with Gasteiger partial charge >= 0.3 is 7.48 Å². The molecule has 0 saturated heterocycles. The van der Waals surface area contributed by atoms with Gasteiger partial charge in [-0.2, -0.15) is 0 Å². The van der Waals surface area contributed by atoms with Crippen LogP contribution < -0.4 is 10.4 Å². The molecule has 4 heteroatoms. The van der Waals surface area contributed by atoms with Crippen LogP contribution in [0.2, 0.25) is 0 Å². The number of hydrogen-bond donors (Lipinski definition) is 1. The van der Waals surface area contributed by atoms with Crippen LogP contribution in [0.4, 0.5) is 17.1 Å². The summed E-state index contributed by atoms with van der Waals surface area (Å²) in [5, 5.41) is 13.1. The van der Waals surface area contributed by atoms with Gasteiger partial charge in [0, 0.05) is 17.1 Å². The lowest BCUT2D eigenvalue weighted by molar-refractivity contribution is -0.0893. The Kier molecular flexibility index (Phi) is 8.14. The molecule has 6 aromatic carbocycles. The molecule has 44 heavy (non-hydrogen) atoms. The van der Waals surface area contributed by atoms with Crippen LogP contribution in [0, 0.1) is 0 Å². The normalized spacial score (nSPS) is 11.8. The summed E-state index contributed by atoms with van der Waals surface area (Å²) in [6.45, 7) is 7.34. The summed E-state index contributed by atoms with van der Waals surface area (Å²) in [7, 11) is 1.77. The first-order valence-electron chi connectivity index (χ1n) is 15.1. The molecular weight excluding hydrogens is 537 g/mol. The minimum atomic E-state index is -1.01. The van der Waals surface area contributed by atoms with E-state index in [4.69, 9.17) is 4.65 Å². The van der Waals surface area contributed by atoms with Crippen molar-refractivity contribution in [2.45, 2.75) is 38.9 Å². The molecular formula is C40H37BNO2. The van der Waals surface area contributed by atoms with Crippen molar-refractivity contribution >= 4 is 40.8 Å². The van der Waals surface area contributed by atoms with E-state index in [-0.39, 0.29) is 0 Å². The Morgan fingerprint density at radius 1 is 0.523 bits per heavy atom. The van der Waals surface area contributed by atoms with Gasteiger partial charge in [-0.25, -0.2) is 0 Å². The molecule has 0 bridgehead atoms. The van der Waals surface area contributed by atoms with Gasteiger partial charge in [0.15, 0.2) is 0 Å². The lowest BCUT2D eigenvalue weighted by Gasteiger charge is -2.37. The first-order valence-corrected chi connectivity index (χ1v) is 15.1. The van der Waals surface area contributed by atoms with E-state index in [0.29, 0.717) is 0 Å². The van der Waals surface area contributed by atoms with Crippen molar-refractivity contribution in [2.24, 2.45) is 0 Å². The molecule has 6 aromatic rings. The predicted molar refractivity (Wildman–Crippen MR) is 186 cm³/mol. The maximum atomic E-state index is 10.7. The minimum Gasteiger partial charge on any atom is -0.427 e. The number of hydrogen-bond acceptors (Lipinski definition) is 3. The van der Waals surface area contributed by atoms with E-state index in [1.54, 1.807) is 21.3 Å². The van der Waals surface area contributed by atoms with Gasteiger partial charge in [-0.05, 0) is 109 Å². The first kappa shape index (κ1) is 29.4. The number of aliphatic hydroxyl groups is 1. The minimum absolute atomic E-state index is 0.775. The highest BCUT2D eigenvalue weighted by molar-refractivity contribution is 6.49. The first-order chi connectivity index (χ1) is 21.2. The monoisotopic (exact) mass is 574 g/mol. The number of rotatable bonds is 9. The number of benzene rings is 6. The second kappa shape index (κ2) is 12.2. The summed E-state index contributed by atoms with van der Waals surface area (Å²) in [5.74, 6) is 0. The largest absolute Gasteiger partial charge is 0.427 e. The van der Waals surface area contributed by atoms with Crippen molar-refractivity contribution in [3.05, 3.63) is 146 Å². The van der Waals surface area contributed by atoms with Crippen LogP contribution in [0.15, 0.2) is 146 Å². The van der Waals surface area contributed by atoms with Gasteiger partial charge in [-0.15, -0.1) is 0 Å². The lowest BCUT2D eigenvalue weighted by atomic mass is 9.78. The Morgan fingerprint density at radius 2 is 1.09 bits per heavy atom. The molecule has 0 atom stereocenters. The van der Waals surface area contributed by atoms with Gasteiger partial charge in [0.2, 0.25) is 0 Å². The topological polar surface area (TPSA) is 32.7 Å². The van der Waals surface area contributed by atoms with Crippen molar-refractivity contribution in [2.75, 3.05) is 4.90 Å². The molecule has 0 amide bonds. The second-order valence-corrected chi connectivity index (χ2v) is 12.2. The highest BCUT2D eigenvalue weighted by Gasteiger charge is 2.36. The van der Waals surface area contributed by atoms with Crippen LogP contribution in [-0.4, -0.2) is 23.8 Å². The van der Waals surface area contributed by atoms with E-state index in [0.717, 1.165) is 33.7 Å². The van der Waals surface area contributed by atoms with Crippen LogP contribution in [0.1, 0.15) is 27.7 Å². The fourth-order valence-electron chi connectivity index (χ4n) is 5.20. The molecule has 6 rings (SSSR count). The maximum Gasteiger partial charge on any atom is 0.331 e. The molecule has 217 valence electrons. The Labute approximate surface area is 261 Å². The van der Waals surface area contributed by atoms with Crippen LogP contribution >= 0.6 is 0 Å². The van der Waals surface area contributed by atoms with E-state index in [1.807, 2.05) is 38.1 Å². The Balaban J connectivity index is 1.40. The third-order valence-corrected chi connectivity index (χ3v) is 8.56. The van der Waals surface area contributed by atoms with Crippen molar-refractivity contribution in [1.29, 1.82) is 0 Å². The third kappa shape index (κ3) is 6.19. The Morgan fingerprint density at radius 3 is 1.77 bits per heavy atom. The predicted octanol–water partition coefficient (Wildman–Crippen LogP) is 9.45. The molecule has 0 aliphatic heterocycles. The van der Waals surface area contributed by atoms with E-state index < -0.39 is 11.2 Å². The quantitative estimate of drug-likeness (QED) is 0.175. The molecule has 0 aliphatic rings. The summed E-state index contributed by atoms with van der Waals surface area (Å²) in [6.07, 6.45) is 0. The number of anilines is 3. The molecule has 0 aromatic heterocycles. The molecule has 0 saturated carbocycles. The van der Waals surface area contributed by atoms with E-state index >= 15 is 0 Å². The van der Waals surface area contributed by atoms with Gasteiger partial charge in [0.1, 0.15) is 0 Å². The molecule has 0 spiro atoms. The molecule has 0 aliphatic carbocycles. The zero-order chi connectivity index (χ0) is 30.7. The highest BCUT2D eigenvalue weighted by atomic mass is 16.5. The summed E-state index contributed by atoms with van der Waals surface area (Å²) in [5.41, 5.74) is 6.83. The number of nitrogens with zero attached hydrogens (tertiary/aromatic N) is 1. The Hall–Kier alpha value is -4.64. The van der Waals surface area contributed by atoms with Crippen molar-refractivity contribution in [3.8, 4) is 22.3 Å². The standard InChI is InChI=1S/C40H37BNO2/c1-39(2,43)40(3,4)44-41-38-26-25-36(28-37(38)31-14-7-5-8-15-31)42(34-17-9-6-10-18-34)35-23-21-30(22-24-35)33-20-19-29-13-11-12-16-32(29)27-33/h5-28,43H,1-4H3. The van der Waals surface area contributed by atoms with E-state index in [2.05, 4.69) is 126 Å². The van der Waals surface area contributed by atoms with E-state index in [1.165, 1.54) is 21.9 Å². The number of fused-ring (bicyclic) bond motifs is 1. The zero-order valence-electron chi connectivity index (χ0n) is 25.7. The molecule has 0 heterocycles. The lowest BCUT2D eigenvalue weighted by Crippen LogP contribution is -2.49. The van der Waals surface area contributed by atoms with Crippen LogP contribution in [-0.2, 0) is 4.65 Å². The van der Waals surface area contributed by atoms with Crippen LogP contribution in [0.3, 0.4) is 0 Å². The molecule has 3 nitrogen and oxygen atoms in total. The fourth-order valence-corrected chi connectivity index (χ4v) is 5.20.